The molecule has 0 bridgehead atoms. The van der Waals surface area contributed by atoms with Gasteiger partial charge in [-0.05, 0) is 35.4 Å². The molecule has 2 aromatic rings. The van der Waals surface area contributed by atoms with Gasteiger partial charge in [0.2, 0.25) is 5.91 Å². The fourth-order valence-electron chi connectivity index (χ4n) is 3.79. The summed E-state index contributed by atoms with van der Waals surface area (Å²) in [4.78, 5) is 17.2. The van der Waals surface area contributed by atoms with Crippen LogP contribution in [0.2, 0.25) is 0 Å². The second-order valence-electron chi connectivity index (χ2n) is 7.82. The summed E-state index contributed by atoms with van der Waals surface area (Å²) < 4.78 is 16.1. The van der Waals surface area contributed by atoms with E-state index in [1.807, 2.05) is 32.3 Å². The maximum atomic E-state index is 12.7. The van der Waals surface area contributed by atoms with Crippen LogP contribution < -0.4 is 19.7 Å². The van der Waals surface area contributed by atoms with Gasteiger partial charge in [0, 0.05) is 39.4 Å². The lowest BCUT2D eigenvalue weighted by molar-refractivity contribution is -0.120. The number of nitrogens with one attached hydrogen (secondary N) is 1. The molecule has 1 fully saturated rings. The third-order valence-electron chi connectivity index (χ3n) is 5.59. The molecule has 0 aromatic heterocycles. The van der Waals surface area contributed by atoms with Crippen LogP contribution in [-0.2, 0) is 16.0 Å². The van der Waals surface area contributed by atoms with Crippen LogP contribution >= 0.6 is 0 Å². The van der Waals surface area contributed by atoms with Crippen LogP contribution in [0.1, 0.15) is 17.2 Å². The number of hydrogen-bond donors (Lipinski definition) is 1. The Morgan fingerprint density at radius 2 is 1.74 bits per heavy atom. The second kappa shape index (κ2) is 11.0. The first-order valence-electron chi connectivity index (χ1n) is 10.6. The third kappa shape index (κ3) is 6.12. The van der Waals surface area contributed by atoms with Crippen LogP contribution in [0.5, 0.6) is 11.5 Å². The van der Waals surface area contributed by atoms with Crippen LogP contribution in [0.25, 0.3) is 0 Å². The standard InChI is InChI=1S/C24H33N3O4/c1-26(2)20-8-6-19(7-9-20)21(27-11-13-31-14-12-27)17-25-24(28)16-18-5-10-22(29-3)23(15-18)30-4/h5-10,15,21H,11-14,16-17H2,1-4H3,(H,25,28)/t21-/m1/s1. The van der Waals surface area contributed by atoms with E-state index in [0.29, 0.717) is 31.3 Å². The Labute approximate surface area is 184 Å². The normalized spacial score (nSPS) is 15.2. The molecule has 1 atom stereocenters. The van der Waals surface area contributed by atoms with E-state index in [1.54, 1.807) is 14.2 Å². The van der Waals surface area contributed by atoms with Gasteiger partial charge >= 0.3 is 0 Å². The highest BCUT2D eigenvalue weighted by Crippen LogP contribution is 2.28. The molecule has 0 radical (unpaired) electrons. The number of methoxy groups -OCH3 is 2. The Hall–Kier alpha value is -2.77. The average molecular weight is 428 g/mol. The van der Waals surface area contributed by atoms with E-state index in [-0.39, 0.29) is 18.4 Å². The van der Waals surface area contributed by atoms with Gasteiger partial charge < -0.3 is 24.4 Å². The van der Waals surface area contributed by atoms with E-state index in [4.69, 9.17) is 14.2 Å². The number of nitrogens with zero attached hydrogens (tertiary/aromatic N) is 2. The summed E-state index contributed by atoms with van der Waals surface area (Å²) in [5, 5.41) is 3.13. The highest BCUT2D eigenvalue weighted by atomic mass is 16.5. The molecule has 1 saturated heterocycles. The van der Waals surface area contributed by atoms with Crippen molar-refractivity contribution in [3.05, 3.63) is 53.6 Å². The van der Waals surface area contributed by atoms with E-state index in [0.717, 1.165) is 24.3 Å². The van der Waals surface area contributed by atoms with Crippen molar-refractivity contribution in [1.29, 1.82) is 0 Å². The molecule has 1 amide bonds. The molecule has 0 unspecified atom stereocenters. The zero-order valence-corrected chi connectivity index (χ0v) is 18.9. The number of amides is 1. The molecule has 1 aliphatic heterocycles. The SMILES string of the molecule is COc1ccc(CC(=O)NC[C@H](c2ccc(N(C)C)cc2)N2CCOCC2)cc1OC. The highest BCUT2D eigenvalue weighted by Gasteiger charge is 2.23. The molecule has 1 N–H and O–H groups in total. The number of rotatable bonds is 9. The van der Waals surface area contributed by atoms with Gasteiger partial charge in [-0.25, -0.2) is 0 Å². The Morgan fingerprint density at radius 1 is 1.06 bits per heavy atom. The minimum atomic E-state index is -0.0182. The van der Waals surface area contributed by atoms with E-state index in [2.05, 4.69) is 39.4 Å². The zero-order chi connectivity index (χ0) is 22.2. The second-order valence-corrected chi connectivity index (χ2v) is 7.82. The summed E-state index contributed by atoms with van der Waals surface area (Å²) in [6, 6.07) is 14.2. The molecule has 1 heterocycles. The predicted octanol–water partition coefficient (Wildman–Crippen LogP) is 2.50. The van der Waals surface area contributed by atoms with Gasteiger partial charge in [-0.1, -0.05) is 18.2 Å². The van der Waals surface area contributed by atoms with Gasteiger partial charge in [-0.3, -0.25) is 9.69 Å². The van der Waals surface area contributed by atoms with Gasteiger partial charge in [0.15, 0.2) is 11.5 Å². The minimum absolute atomic E-state index is 0.0182. The molecule has 0 aliphatic carbocycles. The number of carbonyl (C=O) groups excluding carboxylic acids is 1. The van der Waals surface area contributed by atoms with Crippen LogP contribution in [0.3, 0.4) is 0 Å². The van der Waals surface area contributed by atoms with Gasteiger partial charge in [-0.15, -0.1) is 0 Å². The molecule has 7 nitrogen and oxygen atoms in total. The quantitative estimate of drug-likeness (QED) is 0.664. The van der Waals surface area contributed by atoms with Gasteiger partial charge in [0.25, 0.3) is 0 Å². The highest BCUT2D eigenvalue weighted by molar-refractivity contribution is 5.78. The number of anilines is 1. The molecule has 0 saturated carbocycles. The largest absolute Gasteiger partial charge is 0.493 e. The Kier molecular flexibility index (Phi) is 8.14. The van der Waals surface area contributed by atoms with Crippen LogP contribution in [-0.4, -0.2) is 72.0 Å². The van der Waals surface area contributed by atoms with E-state index < -0.39 is 0 Å². The first-order chi connectivity index (χ1) is 15.0. The van der Waals surface area contributed by atoms with Crippen molar-refractivity contribution in [2.24, 2.45) is 0 Å². The van der Waals surface area contributed by atoms with E-state index >= 15 is 0 Å². The Balaban J connectivity index is 1.67. The molecule has 7 heteroatoms. The molecule has 3 rings (SSSR count). The maximum absolute atomic E-state index is 12.7. The first kappa shape index (κ1) is 22.9. The van der Waals surface area contributed by atoms with Gasteiger partial charge in [0.05, 0.1) is 39.9 Å². The molecule has 1 aliphatic rings. The molecule has 2 aromatic carbocycles. The van der Waals surface area contributed by atoms with E-state index in [1.165, 1.54) is 5.56 Å². The number of ether oxygens (including phenoxy) is 3. The lowest BCUT2D eigenvalue weighted by Crippen LogP contribution is -2.44. The van der Waals surface area contributed by atoms with Crippen molar-refractivity contribution in [1.82, 2.24) is 10.2 Å². The third-order valence-corrected chi connectivity index (χ3v) is 5.59. The predicted molar refractivity (Wildman–Crippen MR) is 122 cm³/mol. The summed E-state index contributed by atoms with van der Waals surface area (Å²) in [5.41, 5.74) is 3.23. The van der Waals surface area contributed by atoms with Crippen molar-refractivity contribution in [3.8, 4) is 11.5 Å². The summed E-state index contributed by atoms with van der Waals surface area (Å²) in [6.45, 7) is 3.68. The van der Waals surface area contributed by atoms with Gasteiger partial charge in [-0.2, -0.15) is 0 Å². The van der Waals surface area contributed by atoms with Crippen molar-refractivity contribution >= 4 is 11.6 Å². The number of hydrogen-bond acceptors (Lipinski definition) is 6. The van der Waals surface area contributed by atoms with Crippen molar-refractivity contribution in [2.45, 2.75) is 12.5 Å². The number of carbonyl (C=O) groups is 1. The lowest BCUT2D eigenvalue weighted by atomic mass is 10.0. The molecular formula is C24H33N3O4. The van der Waals surface area contributed by atoms with Gasteiger partial charge in [0.1, 0.15) is 0 Å². The van der Waals surface area contributed by atoms with Crippen LogP contribution in [0.4, 0.5) is 5.69 Å². The number of benzene rings is 2. The van der Waals surface area contributed by atoms with Crippen LogP contribution in [0.15, 0.2) is 42.5 Å². The first-order valence-corrected chi connectivity index (χ1v) is 10.6. The maximum Gasteiger partial charge on any atom is 0.224 e. The van der Waals surface area contributed by atoms with E-state index in [9.17, 15) is 4.79 Å². The topological polar surface area (TPSA) is 63.3 Å². The van der Waals surface area contributed by atoms with Crippen LogP contribution in [0, 0.1) is 0 Å². The fraction of sp³-hybridized carbons (Fsp3) is 0.458. The molecule has 31 heavy (non-hydrogen) atoms. The van der Waals surface area contributed by atoms with Crippen molar-refractivity contribution in [2.75, 3.05) is 66.1 Å². The summed E-state index contributed by atoms with van der Waals surface area (Å²) in [6.07, 6.45) is 0.287. The monoisotopic (exact) mass is 427 g/mol. The zero-order valence-electron chi connectivity index (χ0n) is 18.9. The van der Waals surface area contributed by atoms with Crippen molar-refractivity contribution < 1.29 is 19.0 Å². The minimum Gasteiger partial charge on any atom is -0.493 e. The summed E-state index contributed by atoms with van der Waals surface area (Å²) >= 11 is 0. The summed E-state index contributed by atoms with van der Waals surface area (Å²) in [5.74, 6) is 1.26. The Bertz CT molecular complexity index is 848. The molecule has 168 valence electrons. The molecular weight excluding hydrogens is 394 g/mol. The molecule has 0 spiro atoms. The fourth-order valence-corrected chi connectivity index (χ4v) is 3.79. The summed E-state index contributed by atoms with van der Waals surface area (Å²) in [7, 11) is 7.25. The van der Waals surface area contributed by atoms with Crippen molar-refractivity contribution in [3.63, 3.8) is 0 Å². The Morgan fingerprint density at radius 3 is 2.35 bits per heavy atom. The smallest absolute Gasteiger partial charge is 0.224 e. The number of morpholine rings is 1. The lowest BCUT2D eigenvalue weighted by Gasteiger charge is -2.35. The average Bonchev–Trinajstić information content (AvgIpc) is 2.80.